The first-order chi connectivity index (χ1) is 10.3. The molecule has 21 heavy (non-hydrogen) atoms. The molecule has 0 spiro atoms. The quantitative estimate of drug-likeness (QED) is 0.786. The molecule has 3 rings (SSSR count). The second kappa shape index (κ2) is 7.05. The van der Waals surface area contributed by atoms with Crippen molar-refractivity contribution in [2.75, 3.05) is 32.7 Å². The summed E-state index contributed by atoms with van der Waals surface area (Å²) in [7, 11) is 0. The molecule has 2 heterocycles. The lowest BCUT2D eigenvalue weighted by atomic mass is 9.96. The van der Waals surface area contributed by atoms with Gasteiger partial charge < -0.3 is 16.0 Å². The zero-order chi connectivity index (χ0) is 14.5. The topological polar surface area (TPSA) is 53.2 Å². The van der Waals surface area contributed by atoms with E-state index in [1.54, 1.807) is 0 Å². The van der Waals surface area contributed by atoms with Gasteiger partial charge >= 0.3 is 0 Å². The lowest BCUT2D eigenvalue weighted by Gasteiger charge is -2.22. The molecule has 1 unspecified atom stereocenters. The van der Waals surface area contributed by atoms with E-state index in [0.717, 1.165) is 51.1 Å². The van der Waals surface area contributed by atoms with Crippen LogP contribution in [0.1, 0.15) is 41.1 Å². The average molecular weight is 287 g/mol. The van der Waals surface area contributed by atoms with Crippen LogP contribution in [0.5, 0.6) is 0 Å². The molecule has 0 bridgehead atoms. The van der Waals surface area contributed by atoms with Gasteiger partial charge in [-0.25, -0.2) is 0 Å². The Labute approximate surface area is 126 Å². The van der Waals surface area contributed by atoms with Crippen LogP contribution in [0.25, 0.3) is 0 Å². The molecule has 0 aliphatic carbocycles. The molecule has 0 aromatic heterocycles. The van der Waals surface area contributed by atoms with E-state index in [0.29, 0.717) is 11.8 Å². The van der Waals surface area contributed by atoms with Crippen LogP contribution in [0.2, 0.25) is 0 Å². The van der Waals surface area contributed by atoms with Crippen molar-refractivity contribution in [2.45, 2.75) is 25.2 Å². The van der Waals surface area contributed by atoms with Crippen molar-refractivity contribution in [3.8, 4) is 0 Å². The number of amides is 1. The Morgan fingerprint density at radius 3 is 2.43 bits per heavy atom. The zero-order valence-corrected chi connectivity index (χ0v) is 12.5. The largest absolute Gasteiger partial charge is 0.352 e. The predicted octanol–water partition coefficient (Wildman–Crippen LogP) is 1.49. The highest BCUT2D eigenvalue weighted by Crippen LogP contribution is 2.22. The van der Waals surface area contributed by atoms with Gasteiger partial charge in [-0.05, 0) is 68.4 Å². The lowest BCUT2D eigenvalue weighted by Crippen LogP contribution is -2.35. The minimum absolute atomic E-state index is 0.0598. The molecule has 2 fully saturated rings. The van der Waals surface area contributed by atoms with E-state index in [-0.39, 0.29) is 5.91 Å². The maximum atomic E-state index is 12.2. The first-order valence-corrected chi connectivity index (χ1v) is 8.12. The molecule has 3 N–H and O–H groups in total. The maximum Gasteiger partial charge on any atom is 0.251 e. The van der Waals surface area contributed by atoms with E-state index in [1.807, 2.05) is 12.1 Å². The first-order valence-electron chi connectivity index (χ1n) is 8.12. The van der Waals surface area contributed by atoms with Crippen LogP contribution in [0.15, 0.2) is 24.3 Å². The van der Waals surface area contributed by atoms with Crippen LogP contribution in [-0.4, -0.2) is 38.6 Å². The molecule has 2 saturated heterocycles. The summed E-state index contributed by atoms with van der Waals surface area (Å²) in [5.41, 5.74) is 2.12. The molecule has 1 amide bonds. The Morgan fingerprint density at radius 1 is 1.05 bits per heavy atom. The summed E-state index contributed by atoms with van der Waals surface area (Å²) in [6, 6.07) is 8.14. The Balaban J connectivity index is 1.52. The Bertz CT molecular complexity index is 459. The van der Waals surface area contributed by atoms with Crippen LogP contribution in [-0.2, 0) is 0 Å². The Hall–Kier alpha value is -1.39. The van der Waals surface area contributed by atoms with Crippen molar-refractivity contribution < 1.29 is 4.79 Å². The predicted molar refractivity (Wildman–Crippen MR) is 84.6 cm³/mol. The summed E-state index contributed by atoms with van der Waals surface area (Å²) in [4.78, 5) is 12.2. The highest BCUT2D eigenvalue weighted by molar-refractivity contribution is 5.94. The van der Waals surface area contributed by atoms with Crippen LogP contribution < -0.4 is 16.0 Å². The van der Waals surface area contributed by atoms with E-state index in [1.165, 1.54) is 12.0 Å². The Morgan fingerprint density at radius 2 is 1.76 bits per heavy atom. The van der Waals surface area contributed by atoms with Gasteiger partial charge in [-0.15, -0.1) is 0 Å². The zero-order valence-electron chi connectivity index (χ0n) is 12.5. The molecule has 2 aliphatic rings. The normalized spacial score (nSPS) is 23.1. The van der Waals surface area contributed by atoms with Gasteiger partial charge in [0.15, 0.2) is 0 Å². The van der Waals surface area contributed by atoms with Crippen LogP contribution in [0, 0.1) is 5.92 Å². The van der Waals surface area contributed by atoms with Crippen LogP contribution in [0.4, 0.5) is 0 Å². The van der Waals surface area contributed by atoms with Gasteiger partial charge in [0.05, 0.1) is 0 Å². The third-order valence-corrected chi connectivity index (χ3v) is 4.71. The van der Waals surface area contributed by atoms with Crippen molar-refractivity contribution in [3.63, 3.8) is 0 Å². The molecular formula is C17H25N3O. The third-order valence-electron chi connectivity index (χ3n) is 4.71. The number of piperidine rings is 1. The van der Waals surface area contributed by atoms with Crippen molar-refractivity contribution in [1.82, 2.24) is 16.0 Å². The number of carbonyl (C=O) groups is 1. The summed E-state index contributed by atoms with van der Waals surface area (Å²) in [6.45, 7) is 5.11. The number of hydrogen-bond acceptors (Lipinski definition) is 3. The highest BCUT2D eigenvalue weighted by Gasteiger charge is 2.17. The molecule has 2 aliphatic heterocycles. The fourth-order valence-corrected chi connectivity index (χ4v) is 3.27. The van der Waals surface area contributed by atoms with Crippen LogP contribution in [0.3, 0.4) is 0 Å². The Kier molecular flexibility index (Phi) is 4.88. The van der Waals surface area contributed by atoms with Crippen molar-refractivity contribution >= 4 is 5.91 Å². The fourth-order valence-electron chi connectivity index (χ4n) is 3.27. The van der Waals surface area contributed by atoms with Gasteiger partial charge in [-0.1, -0.05) is 12.1 Å². The van der Waals surface area contributed by atoms with Crippen molar-refractivity contribution in [3.05, 3.63) is 35.4 Å². The van der Waals surface area contributed by atoms with E-state index >= 15 is 0 Å². The third kappa shape index (κ3) is 3.83. The van der Waals surface area contributed by atoms with E-state index in [4.69, 9.17) is 0 Å². The molecule has 4 nitrogen and oxygen atoms in total. The van der Waals surface area contributed by atoms with Gasteiger partial charge in [0.2, 0.25) is 0 Å². The first kappa shape index (κ1) is 14.5. The molecule has 4 heteroatoms. The number of hydrogen-bond donors (Lipinski definition) is 3. The summed E-state index contributed by atoms with van der Waals surface area (Å²) in [5.74, 6) is 1.29. The van der Waals surface area contributed by atoms with Crippen molar-refractivity contribution in [1.29, 1.82) is 0 Å². The van der Waals surface area contributed by atoms with Gasteiger partial charge in [-0.2, -0.15) is 0 Å². The van der Waals surface area contributed by atoms with E-state index < -0.39 is 0 Å². The van der Waals surface area contributed by atoms with Gasteiger partial charge in [0.25, 0.3) is 5.91 Å². The summed E-state index contributed by atoms with van der Waals surface area (Å²) < 4.78 is 0. The molecule has 0 radical (unpaired) electrons. The maximum absolute atomic E-state index is 12.2. The number of rotatable bonds is 4. The smallest absolute Gasteiger partial charge is 0.251 e. The molecular weight excluding hydrogens is 262 g/mol. The second-order valence-electron chi connectivity index (χ2n) is 6.22. The van der Waals surface area contributed by atoms with E-state index in [9.17, 15) is 4.79 Å². The fraction of sp³-hybridized carbons (Fsp3) is 0.588. The number of nitrogens with one attached hydrogen (secondary N) is 3. The summed E-state index contributed by atoms with van der Waals surface area (Å²) >= 11 is 0. The molecule has 1 atom stereocenters. The number of carbonyl (C=O) groups excluding carboxylic acids is 1. The second-order valence-corrected chi connectivity index (χ2v) is 6.22. The van der Waals surface area contributed by atoms with E-state index in [2.05, 4.69) is 28.1 Å². The minimum Gasteiger partial charge on any atom is -0.352 e. The molecule has 1 aromatic carbocycles. The monoisotopic (exact) mass is 287 g/mol. The molecule has 0 saturated carbocycles. The lowest BCUT2D eigenvalue weighted by molar-refractivity contribution is 0.0944. The summed E-state index contributed by atoms with van der Waals surface area (Å²) in [6.07, 6.45) is 3.52. The average Bonchev–Trinajstić information content (AvgIpc) is 3.08. The van der Waals surface area contributed by atoms with Crippen molar-refractivity contribution in [2.24, 2.45) is 5.92 Å². The van der Waals surface area contributed by atoms with Gasteiger partial charge in [0, 0.05) is 18.7 Å². The van der Waals surface area contributed by atoms with Gasteiger partial charge in [-0.3, -0.25) is 4.79 Å². The molecule has 1 aromatic rings. The standard InChI is InChI=1S/C17H25N3O/c21-17(20-11-13-5-8-18-9-6-13)15-3-1-14(2-4-15)16-7-10-19-12-16/h1-4,13,16,18-19H,5-12H2,(H,20,21). The minimum atomic E-state index is 0.0598. The highest BCUT2D eigenvalue weighted by atomic mass is 16.1. The summed E-state index contributed by atoms with van der Waals surface area (Å²) in [5, 5.41) is 9.81. The number of benzene rings is 1. The SMILES string of the molecule is O=C(NCC1CCNCC1)c1ccc(C2CCNC2)cc1. The van der Waals surface area contributed by atoms with Crippen LogP contribution >= 0.6 is 0 Å². The molecule has 114 valence electrons. The van der Waals surface area contributed by atoms with Gasteiger partial charge in [0.1, 0.15) is 0 Å².